The van der Waals surface area contributed by atoms with Crippen molar-refractivity contribution < 1.29 is 24.0 Å². The molecule has 0 spiro atoms. The maximum Gasteiger partial charge on any atom is 0.363 e. The first-order valence-corrected chi connectivity index (χ1v) is 11.9. The van der Waals surface area contributed by atoms with Gasteiger partial charge in [-0.1, -0.05) is 39.1 Å². The minimum atomic E-state index is -0.756. The standard InChI is InChI=1S/C23H10Br2Cl2N2O6/c24-13-7-12(8-19-23(31)35-21(28-19)16-6-3-14(26)10-18(16)27)20(17(25)9-13)34-22(30)11-1-4-15(5-2-11)29(32)33/h1-10H/b19-8-. The summed E-state index contributed by atoms with van der Waals surface area (Å²) >= 11 is 18.8. The summed E-state index contributed by atoms with van der Waals surface area (Å²) in [5.41, 5.74) is 0.602. The van der Waals surface area contributed by atoms with Gasteiger partial charge < -0.3 is 9.47 Å². The molecule has 0 unspecified atom stereocenters. The number of esters is 2. The zero-order valence-corrected chi connectivity index (χ0v) is 21.8. The fraction of sp³-hybridized carbons (Fsp3) is 0. The molecule has 35 heavy (non-hydrogen) atoms. The van der Waals surface area contributed by atoms with E-state index in [9.17, 15) is 19.7 Å². The zero-order valence-electron chi connectivity index (χ0n) is 17.1. The van der Waals surface area contributed by atoms with Crippen molar-refractivity contribution in [2.75, 3.05) is 0 Å². The third kappa shape index (κ3) is 5.62. The molecule has 4 rings (SSSR count). The SMILES string of the molecule is O=C1OC(c2ccc(Cl)cc2Cl)=N/C1=C\c1cc(Br)cc(Br)c1OC(=O)c1ccc([N+](=O)[O-])cc1. The number of hydrogen-bond donors (Lipinski definition) is 0. The first-order valence-electron chi connectivity index (χ1n) is 9.56. The molecule has 3 aromatic carbocycles. The highest BCUT2D eigenvalue weighted by atomic mass is 79.9. The van der Waals surface area contributed by atoms with Crippen molar-refractivity contribution in [1.82, 2.24) is 0 Å². The molecule has 0 atom stereocenters. The van der Waals surface area contributed by atoms with E-state index in [2.05, 4.69) is 36.9 Å². The highest BCUT2D eigenvalue weighted by Crippen LogP contribution is 2.36. The van der Waals surface area contributed by atoms with Crippen molar-refractivity contribution in [3.63, 3.8) is 0 Å². The van der Waals surface area contributed by atoms with E-state index in [0.29, 0.717) is 25.1 Å². The van der Waals surface area contributed by atoms with E-state index in [-0.39, 0.29) is 33.6 Å². The number of nitro benzene ring substituents is 1. The van der Waals surface area contributed by atoms with Gasteiger partial charge in [-0.15, -0.1) is 0 Å². The van der Waals surface area contributed by atoms with Crippen molar-refractivity contribution in [3.05, 3.63) is 106 Å². The van der Waals surface area contributed by atoms with Gasteiger partial charge in [-0.05, 0) is 64.5 Å². The van der Waals surface area contributed by atoms with Crippen LogP contribution in [-0.2, 0) is 9.53 Å². The van der Waals surface area contributed by atoms with E-state index in [4.69, 9.17) is 32.7 Å². The zero-order chi connectivity index (χ0) is 25.3. The lowest BCUT2D eigenvalue weighted by atomic mass is 10.1. The molecule has 3 aromatic rings. The summed E-state index contributed by atoms with van der Waals surface area (Å²) in [5, 5.41) is 11.5. The number of carbonyl (C=O) groups excluding carboxylic acids is 2. The fourth-order valence-corrected chi connectivity index (χ4v) is 4.83. The molecule has 1 heterocycles. The summed E-state index contributed by atoms with van der Waals surface area (Å²) in [4.78, 5) is 39.7. The average Bonchev–Trinajstić information content (AvgIpc) is 3.15. The lowest BCUT2D eigenvalue weighted by molar-refractivity contribution is -0.384. The number of nitro groups is 1. The molecule has 0 N–H and O–H groups in total. The molecule has 0 saturated carbocycles. The quantitative estimate of drug-likeness (QED) is 0.0978. The molecule has 0 amide bonds. The number of ether oxygens (including phenoxy) is 2. The maximum absolute atomic E-state index is 12.7. The summed E-state index contributed by atoms with van der Waals surface area (Å²) in [7, 11) is 0. The van der Waals surface area contributed by atoms with Gasteiger partial charge in [0.05, 0.1) is 25.5 Å². The molecule has 12 heteroatoms. The van der Waals surface area contributed by atoms with Crippen LogP contribution in [0.1, 0.15) is 21.5 Å². The van der Waals surface area contributed by atoms with E-state index in [1.54, 1.807) is 24.3 Å². The van der Waals surface area contributed by atoms with Crippen LogP contribution in [-0.4, -0.2) is 22.8 Å². The first-order chi connectivity index (χ1) is 16.6. The Bertz CT molecular complexity index is 1460. The lowest BCUT2D eigenvalue weighted by Crippen LogP contribution is -2.10. The number of aliphatic imine (C=N–C) groups is 1. The number of halogens is 4. The number of nitrogens with zero attached hydrogens (tertiary/aromatic N) is 2. The normalized spacial score (nSPS) is 14.0. The summed E-state index contributed by atoms with van der Waals surface area (Å²) in [6, 6.07) is 12.9. The minimum absolute atomic E-state index is 0.00130. The van der Waals surface area contributed by atoms with Crippen LogP contribution >= 0.6 is 55.1 Å². The predicted octanol–water partition coefficient (Wildman–Crippen LogP) is 6.99. The number of rotatable bonds is 5. The first kappa shape index (κ1) is 25.1. The molecule has 1 aliphatic rings. The predicted molar refractivity (Wildman–Crippen MR) is 137 cm³/mol. The number of carbonyl (C=O) groups is 2. The molecular weight excluding hydrogens is 631 g/mol. The monoisotopic (exact) mass is 638 g/mol. The average molecular weight is 641 g/mol. The Morgan fingerprint density at radius 1 is 1.09 bits per heavy atom. The van der Waals surface area contributed by atoms with Crippen molar-refractivity contribution in [1.29, 1.82) is 0 Å². The van der Waals surface area contributed by atoms with Crippen LogP contribution in [0.2, 0.25) is 10.0 Å². The van der Waals surface area contributed by atoms with E-state index < -0.39 is 16.9 Å². The number of cyclic esters (lactones) is 1. The lowest BCUT2D eigenvalue weighted by Gasteiger charge is -2.11. The van der Waals surface area contributed by atoms with Crippen LogP contribution in [0.4, 0.5) is 5.69 Å². The fourth-order valence-electron chi connectivity index (χ4n) is 3.00. The van der Waals surface area contributed by atoms with E-state index in [1.165, 1.54) is 36.4 Å². The van der Waals surface area contributed by atoms with Crippen LogP contribution < -0.4 is 4.74 Å². The Morgan fingerprint density at radius 2 is 1.80 bits per heavy atom. The van der Waals surface area contributed by atoms with E-state index in [1.807, 2.05) is 0 Å². The van der Waals surface area contributed by atoms with Gasteiger partial charge in [-0.2, -0.15) is 0 Å². The van der Waals surface area contributed by atoms with Gasteiger partial charge in [0.15, 0.2) is 11.4 Å². The third-order valence-corrected chi connectivity index (χ3v) is 6.21. The van der Waals surface area contributed by atoms with E-state index in [0.717, 1.165) is 0 Å². The van der Waals surface area contributed by atoms with Crippen LogP contribution in [0.25, 0.3) is 6.08 Å². The Morgan fingerprint density at radius 3 is 2.46 bits per heavy atom. The Hall–Kier alpha value is -3.05. The number of benzene rings is 3. The maximum atomic E-state index is 12.7. The summed E-state index contributed by atoms with van der Waals surface area (Å²) in [6.07, 6.45) is 1.40. The molecule has 0 aromatic heterocycles. The van der Waals surface area contributed by atoms with Crippen molar-refractivity contribution >= 4 is 84.7 Å². The molecule has 8 nitrogen and oxygen atoms in total. The Labute approximate surface area is 224 Å². The molecular formula is C23H10Br2Cl2N2O6. The van der Waals surface area contributed by atoms with Crippen molar-refractivity contribution in [3.8, 4) is 5.75 Å². The van der Waals surface area contributed by atoms with E-state index >= 15 is 0 Å². The molecule has 0 aliphatic carbocycles. The summed E-state index contributed by atoms with van der Waals surface area (Å²) in [5.74, 6) is -1.38. The molecule has 1 aliphatic heterocycles. The van der Waals surface area contributed by atoms with Gasteiger partial charge in [0.25, 0.3) is 5.69 Å². The highest BCUT2D eigenvalue weighted by molar-refractivity contribution is 9.11. The van der Waals surface area contributed by atoms with Crippen LogP contribution in [0.15, 0.2) is 74.2 Å². The molecule has 176 valence electrons. The molecule has 0 saturated heterocycles. The second-order valence-corrected chi connectivity index (χ2v) is 9.57. The van der Waals surface area contributed by atoms with Crippen molar-refractivity contribution in [2.45, 2.75) is 0 Å². The van der Waals surface area contributed by atoms with Gasteiger partial charge in [0.1, 0.15) is 0 Å². The highest BCUT2D eigenvalue weighted by Gasteiger charge is 2.27. The Kier molecular flexibility index (Phi) is 7.36. The summed E-state index contributed by atoms with van der Waals surface area (Å²) < 4.78 is 11.8. The van der Waals surface area contributed by atoms with Crippen molar-refractivity contribution in [2.24, 2.45) is 4.99 Å². The second-order valence-electron chi connectivity index (χ2n) is 6.96. The summed E-state index contributed by atoms with van der Waals surface area (Å²) in [6.45, 7) is 0. The number of non-ortho nitro benzene ring substituents is 1. The minimum Gasteiger partial charge on any atom is -0.421 e. The topological polar surface area (TPSA) is 108 Å². The smallest absolute Gasteiger partial charge is 0.363 e. The van der Waals surface area contributed by atoms with Crippen LogP contribution in [0.5, 0.6) is 5.75 Å². The largest absolute Gasteiger partial charge is 0.421 e. The van der Waals surface area contributed by atoms with Gasteiger partial charge in [0.2, 0.25) is 5.90 Å². The van der Waals surface area contributed by atoms with Gasteiger partial charge in [-0.25, -0.2) is 14.6 Å². The van der Waals surface area contributed by atoms with Gasteiger partial charge >= 0.3 is 11.9 Å². The second kappa shape index (κ2) is 10.3. The van der Waals surface area contributed by atoms with Crippen LogP contribution in [0, 0.1) is 10.1 Å². The molecule has 0 fully saturated rings. The van der Waals surface area contributed by atoms with Gasteiger partial charge in [0, 0.05) is 27.2 Å². The molecule has 0 bridgehead atoms. The van der Waals surface area contributed by atoms with Crippen LogP contribution in [0.3, 0.4) is 0 Å². The Balaban J connectivity index is 1.69. The van der Waals surface area contributed by atoms with Gasteiger partial charge in [-0.3, -0.25) is 10.1 Å². The molecule has 0 radical (unpaired) electrons. The number of hydrogen-bond acceptors (Lipinski definition) is 7. The third-order valence-electron chi connectivity index (χ3n) is 4.62.